The monoisotopic (exact) mass is 368 g/mol. The second-order valence-corrected chi connectivity index (χ2v) is 5.23. The summed E-state index contributed by atoms with van der Waals surface area (Å²) in [4.78, 5) is 12.2. The van der Waals surface area contributed by atoms with E-state index in [1.807, 2.05) is 0 Å². The van der Waals surface area contributed by atoms with Crippen molar-refractivity contribution in [1.29, 1.82) is 0 Å². The lowest BCUT2D eigenvalue weighted by Gasteiger charge is -2.11. The van der Waals surface area contributed by atoms with Gasteiger partial charge in [0.2, 0.25) is 0 Å². The van der Waals surface area contributed by atoms with Gasteiger partial charge in [0.05, 0.1) is 14.2 Å². The average Bonchev–Trinajstić information content (AvgIpc) is 2.53. The van der Waals surface area contributed by atoms with Crippen LogP contribution in [0.2, 0.25) is 0 Å². The number of carbonyl (C=O) groups excluding carboxylic acids is 1. The van der Waals surface area contributed by atoms with Crippen molar-refractivity contribution in [2.75, 3.05) is 14.2 Å². The fraction of sp³-hybridized carbons (Fsp3) is 0.188. The second kappa shape index (κ2) is 7.26. The van der Waals surface area contributed by atoms with Crippen molar-refractivity contribution in [3.8, 4) is 11.5 Å². The molecule has 0 radical (unpaired) electrons. The molecule has 0 fully saturated rings. The Hall–Kier alpha value is -2.08. The smallest absolute Gasteiger partial charge is 0.342 e. The molecule has 0 N–H and O–H groups in total. The summed E-state index contributed by atoms with van der Waals surface area (Å²) in [6.45, 7) is 0.0139. The van der Waals surface area contributed by atoms with Crippen LogP contribution >= 0.6 is 15.9 Å². The first-order valence-electron chi connectivity index (χ1n) is 6.38. The molecule has 116 valence electrons. The van der Waals surface area contributed by atoms with Gasteiger partial charge in [0.15, 0.2) is 0 Å². The highest BCUT2D eigenvalue weighted by atomic mass is 79.9. The van der Waals surface area contributed by atoms with Gasteiger partial charge in [-0.05, 0) is 30.3 Å². The van der Waals surface area contributed by atoms with E-state index in [0.29, 0.717) is 21.5 Å². The fourth-order valence-corrected chi connectivity index (χ4v) is 2.30. The zero-order valence-electron chi connectivity index (χ0n) is 12.1. The van der Waals surface area contributed by atoms with Gasteiger partial charge >= 0.3 is 5.97 Å². The Bertz CT molecular complexity index is 688. The maximum Gasteiger partial charge on any atom is 0.342 e. The zero-order valence-corrected chi connectivity index (χ0v) is 13.6. The Kier molecular flexibility index (Phi) is 5.38. The van der Waals surface area contributed by atoms with Gasteiger partial charge in [0.25, 0.3) is 0 Å². The van der Waals surface area contributed by atoms with Crippen LogP contribution in [0.25, 0.3) is 0 Å². The summed E-state index contributed by atoms with van der Waals surface area (Å²) < 4.78 is 29.0. The fourth-order valence-electron chi connectivity index (χ4n) is 1.83. The van der Waals surface area contributed by atoms with Gasteiger partial charge in [-0.1, -0.05) is 22.0 Å². The summed E-state index contributed by atoms with van der Waals surface area (Å²) >= 11 is 3.23. The highest BCUT2D eigenvalue weighted by Gasteiger charge is 2.16. The third kappa shape index (κ3) is 3.76. The van der Waals surface area contributed by atoms with E-state index in [4.69, 9.17) is 14.2 Å². The molecule has 0 spiro atoms. The lowest BCUT2D eigenvalue weighted by molar-refractivity contribution is 0.0468. The van der Waals surface area contributed by atoms with Crippen molar-refractivity contribution in [2.45, 2.75) is 6.61 Å². The van der Waals surface area contributed by atoms with Crippen LogP contribution in [0.3, 0.4) is 0 Å². The van der Waals surface area contributed by atoms with Crippen LogP contribution in [0.1, 0.15) is 15.9 Å². The van der Waals surface area contributed by atoms with E-state index in [1.165, 1.54) is 26.4 Å². The predicted octanol–water partition coefficient (Wildman–Crippen LogP) is 3.96. The number of esters is 1. The van der Waals surface area contributed by atoms with E-state index >= 15 is 0 Å². The van der Waals surface area contributed by atoms with E-state index in [1.54, 1.807) is 24.3 Å². The Labute approximate surface area is 135 Å². The minimum atomic E-state index is -0.549. The molecule has 0 saturated carbocycles. The Morgan fingerprint density at radius 1 is 1.14 bits per heavy atom. The minimum absolute atomic E-state index is 0.0139. The molecule has 22 heavy (non-hydrogen) atoms. The van der Waals surface area contributed by atoms with Gasteiger partial charge in [-0.3, -0.25) is 0 Å². The largest absolute Gasteiger partial charge is 0.497 e. The Morgan fingerprint density at radius 2 is 1.91 bits per heavy atom. The van der Waals surface area contributed by atoms with Crippen LogP contribution in [0.5, 0.6) is 11.5 Å². The van der Waals surface area contributed by atoms with Gasteiger partial charge in [0.1, 0.15) is 29.5 Å². The lowest BCUT2D eigenvalue weighted by Crippen LogP contribution is -2.08. The van der Waals surface area contributed by atoms with E-state index < -0.39 is 5.97 Å². The first kappa shape index (κ1) is 16.3. The number of benzene rings is 2. The summed E-state index contributed by atoms with van der Waals surface area (Å²) in [6, 6.07) is 9.03. The lowest BCUT2D eigenvalue weighted by atomic mass is 10.2. The summed E-state index contributed by atoms with van der Waals surface area (Å²) in [5.41, 5.74) is 0.927. The first-order valence-corrected chi connectivity index (χ1v) is 7.17. The molecule has 2 aromatic carbocycles. The predicted molar refractivity (Wildman–Crippen MR) is 82.8 cm³/mol. The van der Waals surface area contributed by atoms with Crippen LogP contribution in [-0.2, 0) is 11.3 Å². The quantitative estimate of drug-likeness (QED) is 0.749. The molecule has 0 aliphatic heterocycles. The van der Waals surface area contributed by atoms with Crippen molar-refractivity contribution in [1.82, 2.24) is 0 Å². The van der Waals surface area contributed by atoms with Gasteiger partial charge in [-0.25, -0.2) is 9.18 Å². The topological polar surface area (TPSA) is 44.8 Å². The molecule has 0 unspecified atom stereocenters. The van der Waals surface area contributed by atoms with Crippen molar-refractivity contribution in [3.05, 3.63) is 57.8 Å². The maximum atomic E-state index is 13.0. The van der Waals surface area contributed by atoms with Crippen LogP contribution in [0, 0.1) is 5.82 Å². The highest BCUT2D eigenvalue weighted by molar-refractivity contribution is 9.10. The Morgan fingerprint density at radius 3 is 2.55 bits per heavy atom. The standard InChI is InChI=1S/C16H14BrFO4/c1-20-12-5-6-15(21-2)13(8-12)16(19)22-9-10-3-4-11(18)7-14(10)17/h3-8H,9H2,1-2H3. The number of carbonyl (C=O) groups is 1. The van der Waals surface area contributed by atoms with E-state index in [9.17, 15) is 9.18 Å². The summed E-state index contributed by atoms with van der Waals surface area (Å²) in [6.07, 6.45) is 0. The molecule has 0 amide bonds. The number of rotatable bonds is 5. The van der Waals surface area contributed by atoms with Crippen LogP contribution in [0.15, 0.2) is 40.9 Å². The molecule has 2 rings (SSSR count). The Balaban J connectivity index is 2.15. The molecule has 0 atom stereocenters. The summed E-state index contributed by atoms with van der Waals surface area (Å²) in [7, 11) is 2.97. The molecule has 2 aromatic rings. The van der Waals surface area contributed by atoms with Crippen LogP contribution in [-0.4, -0.2) is 20.2 Å². The highest BCUT2D eigenvalue weighted by Crippen LogP contribution is 2.25. The summed E-state index contributed by atoms with van der Waals surface area (Å²) in [5, 5.41) is 0. The second-order valence-electron chi connectivity index (χ2n) is 4.38. The van der Waals surface area contributed by atoms with E-state index in [-0.39, 0.29) is 18.0 Å². The molecule has 0 aromatic heterocycles. The van der Waals surface area contributed by atoms with Gasteiger partial charge in [-0.15, -0.1) is 0 Å². The first-order chi connectivity index (χ1) is 10.5. The number of halogens is 2. The SMILES string of the molecule is COc1ccc(OC)c(C(=O)OCc2ccc(F)cc2Br)c1. The number of hydrogen-bond donors (Lipinski definition) is 0. The van der Waals surface area contributed by atoms with Crippen molar-refractivity contribution < 1.29 is 23.4 Å². The van der Waals surface area contributed by atoms with Crippen molar-refractivity contribution >= 4 is 21.9 Å². The molecule has 0 aliphatic carbocycles. The minimum Gasteiger partial charge on any atom is -0.497 e. The van der Waals surface area contributed by atoms with E-state index in [2.05, 4.69) is 15.9 Å². The number of hydrogen-bond acceptors (Lipinski definition) is 4. The van der Waals surface area contributed by atoms with E-state index in [0.717, 1.165) is 0 Å². The van der Waals surface area contributed by atoms with Crippen LogP contribution < -0.4 is 9.47 Å². The molecule has 0 bridgehead atoms. The molecule has 0 saturated heterocycles. The normalized spacial score (nSPS) is 10.2. The molecule has 4 nitrogen and oxygen atoms in total. The molecular formula is C16H14BrFO4. The van der Waals surface area contributed by atoms with Crippen molar-refractivity contribution in [3.63, 3.8) is 0 Å². The number of ether oxygens (including phenoxy) is 3. The molecule has 0 aliphatic rings. The van der Waals surface area contributed by atoms with Crippen LogP contribution in [0.4, 0.5) is 4.39 Å². The van der Waals surface area contributed by atoms with Gasteiger partial charge in [-0.2, -0.15) is 0 Å². The van der Waals surface area contributed by atoms with Gasteiger partial charge in [0, 0.05) is 10.0 Å². The molecule has 6 heteroatoms. The average molecular weight is 369 g/mol. The third-order valence-electron chi connectivity index (χ3n) is 3.00. The number of methoxy groups -OCH3 is 2. The maximum absolute atomic E-state index is 13.0. The van der Waals surface area contributed by atoms with Gasteiger partial charge < -0.3 is 14.2 Å². The molecular weight excluding hydrogens is 355 g/mol. The zero-order chi connectivity index (χ0) is 16.1. The van der Waals surface area contributed by atoms with Crippen molar-refractivity contribution in [2.24, 2.45) is 0 Å². The molecule has 0 heterocycles. The third-order valence-corrected chi connectivity index (χ3v) is 3.74. The summed E-state index contributed by atoms with van der Waals surface area (Å²) in [5.74, 6) is 0.00285.